The van der Waals surface area contributed by atoms with Crippen molar-refractivity contribution in [3.05, 3.63) is 0 Å². The Hall–Kier alpha value is 0.270. The van der Waals surface area contributed by atoms with E-state index in [9.17, 15) is 10.2 Å². The maximum absolute atomic E-state index is 10.1. The smallest absolute Gasteiger partial charge is 0.155 e. The summed E-state index contributed by atoms with van der Waals surface area (Å²) in [6.07, 6.45) is 4.85. The Balaban J connectivity index is 1.84. The van der Waals surface area contributed by atoms with Crippen molar-refractivity contribution < 1.29 is 19.5 Å². The maximum Gasteiger partial charge on any atom is 0.155 e. The highest BCUT2D eigenvalue weighted by molar-refractivity contribution is 7.09. The number of rotatable bonds is 6. The summed E-state index contributed by atoms with van der Waals surface area (Å²) in [7, 11) is 2.35. The number of aliphatic hydroxyl groups is 2. The van der Waals surface area contributed by atoms with Crippen LogP contribution in [-0.2, 0) is 9.26 Å². The molecule has 0 aromatic rings. The Morgan fingerprint density at radius 2 is 2.11 bits per heavy atom. The van der Waals surface area contributed by atoms with E-state index in [-0.39, 0.29) is 24.2 Å². The molecule has 0 aromatic carbocycles. The van der Waals surface area contributed by atoms with Gasteiger partial charge >= 0.3 is 0 Å². The van der Waals surface area contributed by atoms with Gasteiger partial charge in [-0.05, 0) is 31.1 Å². The van der Waals surface area contributed by atoms with Gasteiger partial charge in [-0.1, -0.05) is 13.3 Å². The molecule has 1 heterocycles. The van der Waals surface area contributed by atoms with Crippen LogP contribution in [0.1, 0.15) is 45.4 Å². The van der Waals surface area contributed by atoms with Gasteiger partial charge in [0.1, 0.15) is 0 Å². The number of hydrogen-bond acceptors (Lipinski definition) is 4. The highest BCUT2D eigenvalue weighted by Crippen LogP contribution is 2.45. The van der Waals surface area contributed by atoms with E-state index in [1.165, 1.54) is 0 Å². The molecule has 1 saturated heterocycles. The minimum Gasteiger partial charge on any atom is -0.393 e. The zero-order chi connectivity index (χ0) is 13.1. The molecule has 1 aliphatic carbocycles. The van der Waals surface area contributed by atoms with Crippen LogP contribution in [0.4, 0.5) is 0 Å². The topological polar surface area (TPSA) is 58.9 Å². The van der Waals surface area contributed by atoms with Crippen LogP contribution in [0.2, 0.25) is 0 Å². The van der Waals surface area contributed by atoms with Crippen LogP contribution < -0.4 is 0 Å². The first-order valence-electron chi connectivity index (χ1n) is 7.02. The van der Waals surface area contributed by atoms with Gasteiger partial charge in [0.25, 0.3) is 0 Å². The molecule has 2 N–H and O–H groups in total. The molecule has 1 aliphatic heterocycles. The fraction of sp³-hybridized carbons (Fsp3) is 1.00. The van der Waals surface area contributed by atoms with Crippen molar-refractivity contribution >= 4 is 9.47 Å². The van der Waals surface area contributed by atoms with Crippen LogP contribution in [0, 0.1) is 11.8 Å². The van der Waals surface area contributed by atoms with Gasteiger partial charge in [-0.3, -0.25) is 0 Å². The van der Waals surface area contributed by atoms with Crippen molar-refractivity contribution in [2.24, 2.45) is 11.8 Å². The standard InChI is InChI=1S/C13H25O4P/c1-2-3-8(17-18)4-5-9-10-6-13(15)16-12(10)7-11(9)14/h8-15H,2-7,18H2,1H3/t8-,9+,10+,11+,12-,13?/m0/s1. The highest BCUT2D eigenvalue weighted by Gasteiger charge is 2.48. The van der Waals surface area contributed by atoms with Crippen LogP contribution >= 0.6 is 9.47 Å². The summed E-state index contributed by atoms with van der Waals surface area (Å²) in [6, 6.07) is 0. The molecule has 2 rings (SSSR count). The van der Waals surface area contributed by atoms with Gasteiger partial charge in [0, 0.05) is 22.3 Å². The fourth-order valence-electron chi connectivity index (χ4n) is 3.51. The summed E-state index contributed by atoms with van der Waals surface area (Å²) < 4.78 is 10.8. The van der Waals surface area contributed by atoms with Gasteiger partial charge < -0.3 is 19.5 Å². The second kappa shape index (κ2) is 6.62. The van der Waals surface area contributed by atoms with Crippen LogP contribution in [0.25, 0.3) is 0 Å². The van der Waals surface area contributed by atoms with Gasteiger partial charge in [-0.25, -0.2) is 0 Å². The Bertz CT molecular complexity index is 263. The third kappa shape index (κ3) is 3.23. The van der Waals surface area contributed by atoms with Crippen LogP contribution in [0.3, 0.4) is 0 Å². The van der Waals surface area contributed by atoms with Gasteiger partial charge in [0.15, 0.2) is 6.29 Å². The minimum absolute atomic E-state index is 0.0570. The van der Waals surface area contributed by atoms with Gasteiger partial charge in [0.2, 0.25) is 0 Å². The molecule has 2 fully saturated rings. The van der Waals surface area contributed by atoms with Gasteiger partial charge in [-0.2, -0.15) is 0 Å². The fourth-order valence-corrected chi connectivity index (χ4v) is 3.78. The number of ether oxygens (including phenoxy) is 1. The van der Waals surface area contributed by atoms with E-state index in [1.54, 1.807) is 0 Å². The third-order valence-electron chi connectivity index (χ3n) is 4.43. The molecule has 5 heteroatoms. The summed E-state index contributed by atoms with van der Waals surface area (Å²) in [4.78, 5) is 0. The first kappa shape index (κ1) is 14.7. The molecule has 106 valence electrons. The van der Waals surface area contributed by atoms with Gasteiger partial charge in [-0.15, -0.1) is 0 Å². The molecule has 18 heavy (non-hydrogen) atoms. The average Bonchev–Trinajstić information content (AvgIpc) is 2.80. The van der Waals surface area contributed by atoms with Crippen molar-refractivity contribution in [2.45, 2.75) is 70.1 Å². The van der Waals surface area contributed by atoms with E-state index in [4.69, 9.17) is 9.26 Å². The predicted octanol–water partition coefficient (Wildman–Crippen LogP) is 1.85. The average molecular weight is 276 g/mol. The van der Waals surface area contributed by atoms with E-state index in [1.807, 2.05) is 0 Å². The molecule has 7 atom stereocenters. The molecule has 2 aliphatic rings. The van der Waals surface area contributed by atoms with Crippen molar-refractivity contribution in [1.82, 2.24) is 0 Å². The van der Waals surface area contributed by atoms with Crippen molar-refractivity contribution in [3.63, 3.8) is 0 Å². The number of fused-ring (bicyclic) bond motifs is 1. The van der Waals surface area contributed by atoms with Gasteiger partial charge in [0.05, 0.1) is 18.3 Å². The molecular formula is C13H25O4P. The lowest BCUT2D eigenvalue weighted by Crippen LogP contribution is -2.22. The number of aliphatic hydroxyl groups excluding tert-OH is 2. The molecular weight excluding hydrogens is 251 g/mol. The van der Waals surface area contributed by atoms with Crippen LogP contribution in [-0.4, -0.2) is 34.8 Å². The summed E-state index contributed by atoms with van der Waals surface area (Å²) in [6.45, 7) is 2.15. The number of hydrogen-bond donors (Lipinski definition) is 2. The van der Waals surface area contributed by atoms with Crippen molar-refractivity contribution in [1.29, 1.82) is 0 Å². The summed E-state index contributed by atoms with van der Waals surface area (Å²) in [5, 5.41) is 19.6. The summed E-state index contributed by atoms with van der Waals surface area (Å²) in [5.41, 5.74) is 0. The van der Waals surface area contributed by atoms with Crippen molar-refractivity contribution in [3.8, 4) is 0 Å². The van der Waals surface area contributed by atoms with E-state index in [0.29, 0.717) is 18.8 Å². The molecule has 1 saturated carbocycles. The normalized spacial score (nSPS) is 41.0. The Morgan fingerprint density at radius 1 is 1.33 bits per heavy atom. The first-order valence-corrected chi connectivity index (χ1v) is 7.50. The molecule has 2 unspecified atom stereocenters. The first-order chi connectivity index (χ1) is 8.65. The van der Waals surface area contributed by atoms with E-state index >= 15 is 0 Å². The maximum atomic E-state index is 10.1. The minimum atomic E-state index is -0.626. The second-order valence-corrected chi connectivity index (χ2v) is 5.89. The Morgan fingerprint density at radius 3 is 2.78 bits per heavy atom. The zero-order valence-electron chi connectivity index (χ0n) is 11.0. The molecule has 0 spiro atoms. The SMILES string of the molecule is CCC[C@@H](CC[C@@H]1[C@H]2CC(O)O[C@H]2C[C@H]1O)OP. The summed E-state index contributed by atoms with van der Waals surface area (Å²) in [5.74, 6) is 0.577. The zero-order valence-corrected chi connectivity index (χ0v) is 12.1. The lowest BCUT2D eigenvalue weighted by Gasteiger charge is -2.22. The highest BCUT2D eigenvalue weighted by atomic mass is 31.0. The molecule has 0 amide bonds. The Kier molecular flexibility index (Phi) is 5.40. The molecule has 0 radical (unpaired) electrons. The van der Waals surface area contributed by atoms with E-state index < -0.39 is 6.29 Å². The third-order valence-corrected chi connectivity index (χ3v) is 4.81. The Labute approximate surface area is 111 Å². The quantitative estimate of drug-likeness (QED) is 0.727. The van der Waals surface area contributed by atoms with E-state index in [0.717, 1.165) is 25.7 Å². The van der Waals surface area contributed by atoms with E-state index in [2.05, 4.69) is 16.4 Å². The van der Waals surface area contributed by atoms with Crippen LogP contribution in [0.5, 0.6) is 0 Å². The summed E-state index contributed by atoms with van der Waals surface area (Å²) >= 11 is 0. The second-order valence-electron chi connectivity index (χ2n) is 5.62. The lowest BCUT2D eigenvalue weighted by atomic mass is 9.87. The lowest BCUT2D eigenvalue weighted by molar-refractivity contribution is -0.0951. The predicted molar refractivity (Wildman–Crippen MR) is 71.8 cm³/mol. The molecule has 0 bridgehead atoms. The monoisotopic (exact) mass is 276 g/mol. The largest absolute Gasteiger partial charge is 0.393 e. The van der Waals surface area contributed by atoms with Crippen molar-refractivity contribution in [2.75, 3.05) is 0 Å². The molecule has 4 nitrogen and oxygen atoms in total. The van der Waals surface area contributed by atoms with Crippen LogP contribution in [0.15, 0.2) is 0 Å². The molecule has 0 aromatic heterocycles.